The summed E-state index contributed by atoms with van der Waals surface area (Å²) < 4.78 is 4.40. The molecule has 6 heteroatoms. The number of hydrogen-bond acceptors (Lipinski definition) is 4. The Morgan fingerprint density at radius 2 is 1.58 bits per heavy atom. The van der Waals surface area contributed by atoms with E-state index in [-0.39, 0.29) is 11.5 Å². The molecular formula is C20H21ClO5. The molecule has 2 aromatic rings. The molecule has 2 rings (SSSR count). The summed E-state index contributed by atoms with van der Waals surface area (Å²) in [5.74, 6) is -2.52. The number of carboxylic acid groups (broad SMARTS) is 1. The van der Waals surface area contributed by atoms with Gasteiger partial charge in [0.2, 0.25) is 0 Å². The lowest BCUT2D eigenvalue weighted by atomic mass is 9.95. The molecule has 1 N–H and O–H groups in total. The average Bonchev–Trinajstić information content (AvgIpc) is 2.61. The van der Waals surface area contributed by atoms with Crippen LogP contribution in [0.1, 0.15) is 36.7 Å². The van der Waals surface area contributed by atoms with Crippen molar-refractivity contribution in [3.05, 3.63) is 58.6 Å². The minimum atomic E-state index is -1.44. The van der Waals surface area contributed by atoms with Crippen LogP contribution >= 0.6 is 11.6 Å². The normalized spacial score (nSPS) is 9.69. The van der Waals surface area contributed by atoms with Crippen molar-refractivity contribution in [1.29, 1.82) is 0 Å². The summed E-state index contributed by atoms with van der Waals surface area (Å²) in [6.45, 7) is 5.54. The van der Waals surface area contributed by atoms with Gasteiger partial charge in [-0.2, -0.15) is 0 Å². The molecule has 138 valence electrons. The van der Waals surface area contributed by atoms with E-state index in [9.17, 15) is 14.4 Å². The first-order valence-corrected chi connectivity index (χ1v) is 8.47. The quantitative estimate of drug-likeness (QED) is 0.475. The van der Waals surface area contributed by atoms with Gasteiger partial charge in [-0.15, -0.1) is 0 Å². The van der Waals surface area contributed by atoms with Crippen molar-refractivity contribution in [2.45, 2.75) is 27.2 Å². The molecule has 0 spiro atoms. The maximum absolute atomic E-state index is 11.7. The van der Waals surface area contributed by atoms with Crippen LogP contribution in [0, 0.1) is 0 Å². The number of aryl methyl sites for hydroxylation is 1. The van der Waals surface area contributed by atoms with Gasteiger partial charge in [-0.3, -0.25) is 9.59 Å². The van der Waals surface area contributed by atoms with Crippen molar-refractivity contribution in [3.8, 4) is 11.1 Å². The SMILES string of the molecule is CCOC(C)=O.CCc1ccc(-c2ccc(Cl)cc2)cc1C(=O)C(=O)O. The number of carbonyl (C=O) groups is 3. The second-order valence-electron chi connectivity index (χ2n) is 5.29. The van der Waals surface area contributed by atoms with Crippen LogP contribution in [-0.4, -0.2) is 29.4 Å². The molecule has 5 nitrogen and oxygen atoms in total. The fourth-order valence-corrected chi connectivity index (χ4v) is 2.36. The number of benzene rings is 2. The van der Waals surface area contributed by atoms with Crippen LogP contribution in [0.2, 0.25) is 5.02 Å². The van der Waals surface area contributed by atoms with Crippen LogP contribution in [0.15, 0.2) is 42.5 Å². The van der Waals surface area contributed by atoms with E-state index in [1.165, 1.54) is 6.92 Å². The molecule has 0 unspecified atom stereocenters. The van der Waals surface area contributed by atoms with Gasteiger partial charge < -0.3 is 9.84 Å². The Morgan fingerprint density at radius 1 is 1.00 bits per heavy atom. The van der Waals surface area contributed by atoms with Crippen LogP contribution < -0.4 is 0 Å². The van der Waals surface area contributed by atoms with Crippen molar-refractivity contribution in [3.63, 3.8) is 0 Å². The number of esters is 1. The molecule has 0 amide bonds. The van der Waals surface area contributed by atoms with Gasteiger partial charge in [-0.05, 0) is 48.2 Å². The molecule has 2 aromatic carbocycles. The smallest absolute Gasteiger partial charge is 0.377 e. The van der Waals surface area contributed by atoms with Gasteiger partial charge in [0.1, 0.15) is 0 Å². The molecule has 0 atom stereocenters. The summed E-state index contributed by atoms with van der Waals surface area (Å²) in [6, 6.07) is 12.5. The Hall–Kier alpha value is -2.66. The van der Waals surface area contributed by atoms with Gasteiger partial charge in [0.05, 0.1) is 6.61 Å². The fraction of sp³-hybridized carbons (Fsp3) is 0.250. The highest BCUT2D eigenvalue weighted by Crippen LogP contribution is 2.25. The van der Waals surface area contributed by atoms with Crippen molar-refractivity contribution in [2.75, 3.05) is 6.61 Å². The Kier molecular flexibility index (Phi) is 8.52. The summed E-state index contributed by atoms with van der Waals surface area (Å²) in [6.07, 6.45) is 0.606. The molecule has 0 radical (unpaired) electrons. The lowest BCUT2D eigenvalue weighted by molar-refractivity contribution is -0.140. The second kappa shape index (κ2) is 10.4. The fourth-order valence-electron chi connectivity index (χ4n) is 2.24. The number of carboxylic acids is 1. The molecule has 0 fully saturated rings. The van der Waals surface area contributed by atoms with Gasteiger partial charge in [-0.1, -0.05) is 42.8 Å². The standard InChI is InChI=1S/C16H13ClO3.C4H8O2/c1-2-10-3-4-12(9-14(10)15(18)16(19)20)11-5-7-13(17)8-6-11;1-3-6-4(2)5/h3-9H,2H2,1H3,(H,19,20);3H2,1-2H3. The van der Waals surface area contributed by atoms with E-state index in [0.29, 0.717) is 18.1 Å². The predicted molar refractivity (Wildman–Crippen MR) is 101 cm³/mol. The number of hydrogen-bond donors (Lipinski definition) is 1. The molecule has 0 aliphatic heterocycles. The maximum atomic E-state index is 11.7. The number of rotatable bonds is 5. The van der Waals surface area contributed by atoms with Crippen LogP contribution in [0.4, 0.5) is 0 Å². The molecule has 0 saturated carbocycles. The summed E-state index contributed by atoms with van der Waals surface area (Å²) >= 11 is 5.84. The predicted octanol–water partition coefficient (Wildman–Crippen LogP) is 4.41. The molecule has 0 heterocycles. The van der Waals surface area contributed by atoms with Gasteiger partial charge in [0, 0.05) is 17.5 Å². The Balaban J connectivity index is 0.000000487. The summed E-state index contributed by atoms with van der Waals surface area (Å²) in [7, 11) is 0. The number of Topliss-reactive ketones (excluding diaryl/α,β-unsaturated/α-hetero) is 1. The third-order valence-corrected chi connectivity index (χ3v) is 3.71. The number of aliphatic carboxylic acids is 1. The van der Waals surface area contributed by atoms with E-state index < -0.39 is 11.8 Å². The van der Waals surface area contributed by atoms with Crippen LogP contribution in [0.5, 0.6) is 0 Å². The summed E-state index contributed by atoms with van der Waals surface area (Å²) in [4.78, 5) is 32.5. The van der Waals surface area contributed by atoms with E-state index in [0.717, 1.165) is 16.7 Å². The molecular weight excluding hydrogens is 356 g/mol. The summed E-state index contributed by atoms with van der Waals surface area (Å²) in [5.41, 5.74) is 2.66. The largest absolute Gasteiger partial charge is 0.475 e. The van der Waals surface area contributed by atoms with E-state index in [1.807, 2.05) is 25.1 Å². The first kappa shape index (κ1) is 21.4. The monoisotopic (exact) mass is 376 g/mol. The zero-order chi connectivity index (χ0) is 19.7. The lowest BCUT2D eigenvalue weighted by Gasteiger charge is -2.08. The van der Waals surface area contributed by atoms with E-state index >= 15 is 0 Å². The highest BCUT2D eigenvalue weighted by atomic mass is 35.5. The first-order valence-electron chi connectivity index (χ1n) is 8.09. The van der Waals surface area contributed by atoms with Crippen molar-refractivity contribution in [2.24, 2.45) is 0 Å². The number of halogens is 1. The Labute approximate surface area is 157 Å². The zero-order valence-electron chi connectivity index (χ0n) is 14.9. The van der Waals surface area contributed by atoms with Gasteiger partial charge in [0.25, 0.3) is 5.78 Å². The molecule has 0 saturated heterocycles. The van der Waals surface area contributed by atoms with Gasteiger partial charge in [0.15, 0.2) is 0 Å². The number of ketones is 1. The van der Waals surface area contributed by atoms with E-state index in [4.69, 9.17) is 16.7 Å². The molecule has 26 heavy (non-hydrogen) atoms. The lowest BCUT2D eigenvalue weighted by Crippen LogP contribution is -2.14. The van der Waals surface area contributed by atoms with Crippen molar-refractivity contribution in [1.82, 2.24) is 0 Å². The molecule has 0 bridgehead atoms. The van der Waals surface area contributed by atoms with Crippen LogP contribution in [0.3, 0.4) is 0 Å². The second-order valence-corrected chi connectivity index (χ2v) is 5.73. The Bertz CT molecular complexity index is 781. The third kappa shape index (κ3) is 6.33. The minimum absolute atomic E-state index is 0.211. The van der Waals surface area contributed by atoms with Gasteiger partial charge >= 0.3 is 11.9 Å². The molecule has 0 aromatic heterocycles. The zero-order valence-corrected chi connectivity index (χ0v) is 15.7. The first-order chi connectivity index (χ1) is 12.3. The Morgan fingerprint density at radius 3 is 2.00 bits per heavy atom. The van der Waals surface area contributed by atoms with E-state index in [1.54, 1.807) is 31.2 Å². The van der Waals surface area contributed by atoms with E-state index in [2.05, 4.69) is 4.74 Å². The number of carbonyl (C=O) groups excluding carboxylic acids is 2. The van der Waals surface area contributed by atoms with Gasteiger partial charge in [-0.25, -0.2) is 4.79 Å². The van der Waals surface area contributed by atoms with Crippen LogP contribution in [0.25, 0.3) is 11.1 Å². The average molecular weight is 377 g/mol. The maximum Gasteiger partial charge on any atom is 0.377 e. The summed E-state index contributed by atoms with van der Waals surface area (Å²) in [5, 5.41) is 9.51. The highest BCUT2D eigenvalue weighted by Gasteiger charge is 2.18. The minimum Gasteiger partial charge on any atom is -0.475 e. The van der Waals surface area contributed by atoms with Crippen LogP contribution in [-0.2, 0) is 20.7 Å². The topological polar surface area (TPSA) is 80.7 Å². The van der Waals surface area contributed by atoms with Crippen molar-refractivity contribution >= 4 is 29.3 Å². The third-order valence-electron chi connectivity index (χ3n) is 3.45. The molecule has 0 aliphatic rings. The molecule has 0 aliphatic carbocycles. The highest BCUT2D eigenvalue weighted by molar-refractivity contribution is 6.40. The van der Waals surface area contributed by atoms with Crippen molar-refractivity contribution < 1.29 is 24.2 Å². The number of ether oxygens (including phenoxy) is 1.